The van der Waals surface area contributed by atoms with Crippen molar-refractivity contribution in [3.63, 3.8) is 0 Å². The number of rotatable bonds is 6. The van der Waals surface area contributed by atoms with E-state index < -0.39 is 0 Å². The highest BCUT2D eigenvalue weighted by atomic mass is 32.2. The monoisotopic (exact) mass is 385 g/mol. The summed E-state index contributed by atoms with van der Waals surface area (Å²) in [6.45, 7) is 0.832. The molecule has 0 spiro atoms. The zero-order chi connectivity index (χ0) is 19.1. The van der Waals surface area contributed by atoms with Crippen molar-refractivity contribution >= 4 is 17.7 Å². The highest BCUT2D eigenvalue weighted by molar-refractivity contribution is 8.00. The number of hydrogen-bond donors (Lipinski definition) is 0. The van der Waals surface area contributed by atoms with E-state index >= 15 is 0 Å². The predicted octanol–water partition coefficient (Wildman–Crippen LogP) is 4.94. The lowest BCUT2D eigenvalue weighted by atomic mass is 10.0. The van der Waals surface area contributed by atoms with Gasteiger partial charge in [-0.25, -0.2) is 0 Å². The Morgan fingerprint density at radius 2 is 1.59 bits per heavy atom. The van der Waals surface area contributed by atoms with Crippen LogP contribution in [0, 0.1) is 0 Å². The normalized spacial score (nSPS) is 17.3. The van der Waals surface area contributed by atoms with Gasteiger partial charge in [0.2, 0.25) is 5.91 Å². The van der Waals surface area contributed by atoms with E-state index in [4.69, 9.17) is 9.47 Å². The van der Waals surface area contributed by atoms with Gasteiger partial charge in [0.15, 0.2) is 0 Å². The van der Waals surface area contributed by atoms with E-state index in [0.717, 1.165) is 42.2 Å². The summed E-state index contributed by atoms with van der Waals surface area (Å²) < 4.78 is 10.5. The quantitative estimate of drug-likeness (QED) is 0.660. The van der Waals surface area contributed by atoms with Crippen LogP contribution in [0.15, 0.2) is 53.4 Å². The average molecular weight is 386 g/mol. The molecule has 1 amide bonds. The summed E-state index contributed by atoms with van der Waals surface area (Å²) in [5.74, 6) is 2.34. The maximum absolute atomic E-state index is 13.0. The number of ether oxygens (including phenoxy) is 2. The van der Waals surface area contributed by atoms with Gasteiger partial charge < -0.3 is 14.4 Å². The van der Waals surface area contributed by atoms with Crippen molar-refractivity contribution in [3.8, 4) is 11.5 Å². The molecule has 4 nitrogen and oxygen atoms in total. The first kappa shape index (κ1) is 19.6. The SMILES string of the molecule is COc1ccc(SCC(=O)N2CCCCC[C@@H]2c2ccc(OC)cc2)cc1. The molecule has 2 aromatic carbocycles. The number of carbonyl (C=O) groups is 1. The van der Waals surface area contributed by atoms with Gasteiger partial charge in [0.25, 0.3) is 0 Å². The fraction of sp³-hybridized carbons (Fsp3) is 0.409. The minimum Gasteiger partial charge on any atom is -0.497 e. The Bertz CT molecular complexity index is 730. The topological polar surface area (TPSA) is 38.8 Å². The van der Waals surface area contributed by atoms with Gasteiger partial charge in [-0.15, -0.1) is 11.8 Å². The van der Waals surface area contributed by atoms with Crippen LogP contribution in [0.5, 0.6) is 11.5 Å². The van der Waals surface area contributed by atoms with Gasteiger partial charge in [0.1, 0.15) is 11.5 Å². The molecule has 1 fully saturated rings. The Morgan fingerprint density at radius 1 is 0.963 bits per heavy atom. The first-order chi connectivity index (χ1) is 13.2. The lowest BCUT2D eigenvalue weighted by Gasteiger charge is -2.30. The third-order valence-electron chi connectivity index (χ3n) is 5.00. The number of benzene rings is 2. The van der Waals surface area contributed by atoms with Crippen molar-refractivity contribution in [2.75, 3.05) is 26.5 Å². The molecule has 5 heteroatoms. The number of methoxy groups -OCH3 is 2. The van der Waals surface area contributed by atoms with Crippen LogP contribution in [0.1, 0.15) is 37.3 Å². The molecule has 0 radical (unpaired) electrons. The Morgan fingerprint density at radius 3 is 2.22 bits per heavy atom. The minimum atomic E-state index is 0.155. The molecular formula is C22H27NO3S. The summed E-state index contributed by atoms with van der Waals surface area (Å²) >= 11 is 1.58. The molecule has 1 heterocycles. The molecule has 1 aliphatic heterocycles. The van der Waals surface area contributed by atoms with Crippen molar-refractivity contribution in [2.24, 2.45) is 0 Å². The molecule has 2 aromatic rings. The second-order valence-corrected chi connectivity index (χ2v) is 7.74. The summed E-state index contributed by atoms with van der Waals surface area (Å²) in [5.41, 5.74) is 1.19. The Balaban J connectivity index is 1.68. The van der Waals surface area contributed by atoms with Crippen LogP contribution in [0.25, 0.3) is 0 Å². The number of likely N-dealkylation sites (tertiary alicyclic amines) is 1. The number of nitrogens with zero attached hydrogens (tertiary/aromatic N) is 1. The maximum atomic E-state index is 13.0. The summed E-state index contributed by atoms with van der Waals surface area (Å²) in [7, 11) is 3.33. The van der Waals surface area contributed by atoms with Crippen LogP contribution < -0.4 is 9.47 Å². The molecule has 0 N–H and O–H groups in total. The molecule has 27 heavy (non-hydrogen) atoms. The Kier molecular flexibility index (Phi) is 7.04. The second-order valence-electron chi connectivity index (χ2n) is 6.69. The predicted molar refractivity (Wildman–Crippen MR) is 110 cm³/mol. The molecular weight excluding hydrogens is 358 g/mol. The second kappa shape index (κ2) is 9.70. The first-order valence-electron chi connectivity index (χ1n) is 9.41. The van der Waals surface area contributed by atoms with E-state index in [1.165, 1.54) is 12.0 Å². The summed E-state index contributed by atoms with van der Waals surface area (Å²) in [6.07, 6.45) is 4.44. The van der Waals surface area contributed by atoms with Gasteiger partial charge in [-0.2, -0.15) is 0 Å². The Hall–Kier alpha value is -2.14. The summed E-state index contributed by atoms with van der Waals surface area (Å²) in [4.78, 5) is 16.2. The number of amides is 1. The van der Waals surface area contributed by atoms with Crippen LogP contribution in [0.3, 0.4) is 0 Å². The third-order valence-corrected chi connectivity index (χ3v) is 5.99. The lowest BCUT2D eigenvalue weighted by Crippen LogP contribution is -2.36. The van der Waals surface area contributed by atoms with E-state index in [-0.39, 0.29) is 11.9 Å². The molecule has 0 unspecified atom stereocenters. The Labute approximate surface area is 165 Å². The van der Waals surface area contributed by atoms with E-state index in [1.807, 2.05) is 36.4 Å². The molecule has 1 atom stereocenters. The fourth-order valence-corrected chi connectivity index (χ4v) is 4.26. The molecule has 144 valence electrons. The van der Waals surface area contributed by atoms with Gasteiger partial charge in [-0.1, -0.05) is 25.0 Å². The highest BCUT2D eigenvalue weighted by Gasteiger charge is 2.26. The number of carbonyl (C=O) groups excluding carboxylic acids is 1. The van der Waals surface area contributed by atoms with Gasteiger partial charge >= 0.3 is 0 Å². The molecule has 0 aliphatic carbocycles. The van der Waals surface area contributed by atoms with Gasteiger partial charge in [-0.3, -0.25) is 4.79 Å². The minimum absolute atomic E-state index is 0.155. The van der Waals surface area contributed by atoms with Crippen molar-refractivity contribution in [1.29, 1.82) is 0 Å². The van der Waals surface area contributed by atoms with E-state index in [9.17, 15) is 4.79 Å². The number of hydrogen-bond acceptors (Lipinski definition) is 4. The molecule has 0 bridgehead atoms. The largest absolute Gasteiger partial charge is 0.497 e. The molecule has 1 saturated heterocycles. The fourth-order valence-electron chi connectivity index (χ4n) is 3.48. The van der Waals surface area contributed by atoms with Crippen molar-refractivity contribution in [2.45, 2.75) is 36.6 Å². The van der Waals surface area contributed by atoms with Gasteiger partial charge in [0.05, 0.1) is 26.0 Å². The van der Waals surface area contributed by atoms with Crippen LogP contribution in [-0.2, 0) is 4.79 Å². The first-order valence-corrected chi connectivity index (χ1v) is 10.4. The molecule has 0 aromatic heterocycles. The zero-order valence-electron chi connectivity index (χ0n) is 16.0. The van der Waals surface area contributed by atoms with Gasteiger partial charge in [0, 0.05) is 11.4 Å². The molecule has 0 saturated carbocycles. The lowest BCUT2D eigenvalue weighted by molar-refractivity contribution is -0.130. The van der Waals surface area contributed by atoms with E-state index in [0.29, 0.717) is 5.75 Å². The molecule has 3 rings (SSSR count). The zero-order valence-corrected chi connectivity index (χ0v) is 16.8. The maximum Gasteiger partial charge on any atom is 0.233 e. The third kappa shape index (κ3) is 5.19. The molecule has 1 aliphatic rings. The van der Waals surface area contributed by atoms with Crippen LogP contribution in [-0.4, -0.2) is 37.3 Å². The van der Waals surface area contributed by atoms with Crippen molar-refractivity contribution in [1.82, 2.24) is 4.90 Å². The van der Waals surface area contributed by atoms with E-state index in [2.05, 4.69) is 17.0 Å². The van der Waals surface area contributed by atoms with Crippen LogP contribution in [0.2, 0.25) is 0 Å². The van der Waals surface area contributed by atoms with Crippen molar-refractivity contribution in [3.05, 3.63) is 54.1 Å². The van der Waals surface area contributed by atoms with E-state index in [1.54, 1.807) is 26.0 Å². The number of thioether (sulfide) groups is 1. The summed E-state index contributed by atoms with van der Waals surface area (Å²) in [6, 6.07) is 16.2. The highest BCUT2D eigenvalue weighted by Crippen LogP contribution is 2.32. The van der Waals surface area contributed by atoms with Crippen LogP contribution >= 0.6 is 11.8 Å². The smallest absolute Gasteiger partial charge is 0.233 e. The average Bonchev–Trinajstić information content (AvgIpc) is 2.98. The van der Waals surface area contributed by atoms with Crippen molar-refractivity contribution < 1.29 is 14.3 Å². The summed E-state index contributed by atoms with van der Waals surface area (Å²) in [5, 5.41) is 0. The van der Waals surface area contributed by atoms with Crippen LogP contribution in [0.4, 0.5) is 0 Å². The van der Waals surface area contributed by atoms with Gasteiger partial charge in [-0.05, 0) is 54.8 Å². The standard InChI is InChI=1S/C22H27NO3S/c1-25-18-9-7-17(8-10-18)21-6-4-3-5-15-23(21)22(24)16-27-20-13-11-19(26-2)12-14-20/h7-14,21H,3-6,15-16H2,1-2H3/t21-/m1/s1.